The number of hydrogen-bond acceptors (Lipinski definition) is 4. The Kier molecular flexibility index (Phi) is 6.68. The van der Waals surface area contributed by atoms with Crippen LogP contribution < -0.4 is 4.74 Å². The van der Waals surface area contributed by atoms with E-state index in [1.165, 1.54) is 32.1 Å². The van der Waals surface area contributed by atoms with Gasteiger partial charge in [0.25, 0.3) is 0 Å². The van der Waals surface area contributed by atoms with E-state index in [4.69, 9.17) is 27.9 Å². The molecule has 29 heavy (non-hydrogen) atoms. The molecular weight excluding hydrogens is 425 g/mol. The summed E-state index contributed by atoms with van der Waals surface area (Å²) in [5.74, 6) is 2.53. The molecule has 0 radical (unpaired) electrons. The van der Waals surface area contributed by atoms with Crippen LogP contribution in [0.4, 0.5) is 0 Å². The molecule has 0 aliphatic heterocycles. The molecule has 1 aliphatic carbocycles. The lowest BCUT2D eigenvalue weighted by atomic mass is 9.95. The molecule has 0 saturated heterocycles. The molecule has 0 spiro atoms. The first-order valence-corrected chi connectivity index (χ1v) is 11.6. The van der Waals surface area contributed by atoms with Gasteiger partial charge in [-0.15, -0.1) is 10.2 Å². The van der Waals surface area contributed by atoms with Crippen molar-refractivity contribution in [2.75, 3.05) is 7.11 Å². The van der Waals surface area contributed by atoms with Crippen LogP contribution in [0.15, 0.2) is 47.6 Å². The summed E-state index contributed by atoms with van der Waals surface area (Å²) in [6.07, 6.45) is 6.15. The van der Waals surface area contributed by atoms with E-state index < -0.39 is 0 Å². The Bertz CT molecular complexity index is 969. The summed E-state index contributed by atoms with van der Waals surface area (Å²) in [5, 5.41) is 11.2. The van der Waals surface area contributed by atoms with E-state index in [9.17, 15) is 0 Å². The zero-order valence-corrected chi connectivity index (χ0v) is 18.6. The molecule has 4 rings (SSSR count). The van der Waals surface area contributed by atoms with E-state index in [1.54, 1.807) is 18.9 Å². The van der Waals surface area contributed by atoms with Gasteiger partial charge in [0, 0.05) is 17.4 Å². The fourth-order valence-corrected chi connectivity index (χ4v) is 5.03. The number of benzene rings is 2. The van der Waals surface area contributed by atoms with Crippen molar-refractivity contribution in [2.45, 2.75) is 49.1 Å². The minimum atomic E-state index is 0.437. The van der Waals surface area contributed by atoms with Crippen molar-refractivity contribution >= 4 is 35.0 Å². The molecule has 0 amide bonds. The fourth-order valence-electron chi connectivity index (χ4n) is 3.76. The SMILES string of the molecule is COc1ccc(-c2nnc(SCc3ccc(Cl)c(Cl)c3)n2C2CCCCC2)cc1. The molecule has 0 atom stereocenters. The second-order valence-electron chi connectivity index (χ2n) is 7.23. The average molecular weight is 448 g/mol. The predicted molar refractivity (Wildman–Crippen MR) is 120 cm³/mol. The van der Waals surface area contributed by atoms with Crippen molar-refractivity contribution in [3.63, 3.8) is 0 Å². The fraction of sp³-hybridized carbons (Fsp3) is 0.364. The van der Waals surface area contributed by atoms with Gasteiger partial charge in [-0.05, 0) is 54.8 Å². The first-order chi connectivity index (χ1) is 14.2. The van der Waals surface area contributed by atoms with Gasteiger partial charge in [0.2, 0.25) is 0 Å². The van der Waals surface area contributed by atoms with E-state index in [2.05, 4.69) is 26.9 Å². The van der Waals surface area contributed by atoms with Gasteiger partial charge in [0.1, 0.15) is 5.75 Å². The van der Waals surface area contributed by atoms with Gasteiger partial charge >= 0.3 is 0 Å². The molecule has 3 aromatic rings. The summed E-state index contributed by atoms with van der Waals surface area (Å²) in [5.41, 5.74) is 2.18. The second kappa shape index (κ2) is 9.41. The summed E-state index contributed by atoms with van der Waals surface area (Å²) >= 11 is 13.9. The lowest BCUT2D eigenvalue weighted by Gasteiger charge is -2.25. The van der Waals surface area contributed by atoms with E-state index in [1.807, 2.05) is 30.3 Å². The van der Waals surface area contributed by atoms with Crippen molar-refractivity contribution in [1.29, 1.82) is 0 Å². The standard InChI is InChI=1S/C22H23Cl2N3OS/c1-28-18-10-8-16(9-11-18)21-25-26-22(27(21)17-5-3-2-4-6-17)29-14-15-7-12-19(23)20(24)13-15/h7-13,17H,2-6,14H2,1H3. The monoisotopic (exact) mass is 447 g/mol. The molecule has 1 aromatic heterocycles. The molecule has 2 aromatic carbocycles. The average Bonchev–Trinajstić information content (AvgIpc) is 3.19. The van der Waals surface area contributed by atoms with Crippen LogP contribution in [-0.4, -0.2) is 21.9 Å². The van der Waals surface area contributed by atoms with Crippen molar-refractivity contribution in [2.24, 2.45) is 0 Å². The molecule has 1 heterocycles. The number of aromatic nitrogens is 3. The normalized spacial score (nSPS) is 14.9. The van der Waals surface area contributed by atoms with E-state index in [0.717, 1.165) is 33.6 Å². The van der Waals surface area contributed by atoms with Crippen LogP contribution in [0.3, 0.4) is 0 Å². The smallest absolute Gasteiger partial charge is 0.192 e. The van der Waals surface area contributed by atoms with Gasteiger partial charge in [-0.25, -0.2) is 0 Å². The van der Waals surface area contributed by atoms with Gasteiger partial charge in [0.05, 0.1) is 17.2 Å². The van der Waals surface area contributed by atoms with Crippen molar-refractivity contribution in [1.82, 2.24) is 14.8 Å². The van der Waals surface area contributed by atoms with E-state index >= 15 is 0 Å². The largest absolute Gasteiger partial charge is 0.497 e. The molecule has 0 bridgehead atoms. The van der Waals surface area contributed by atoms with Crippen molar-refractivity contribution in [3.8, 4) is 17.1 Å². The summed E-state index contributed by atoms with van der Waals surface area (Å²) in [6.45, 7) is 0. The van der Waals surface area contributed by atoms with Gasteiger partial charge in [0.15, 0.2) is 11.0 Å². The summed E-state index contributed by atoms with van der Waals surface area (Å²) < 4.78 is 7.63. The van der Waals surface area contributed by atoms with Crippen molar-refractivity contribution in [3.05, 3.63) is 58.1 Å². The third-order valence-electron chi connectivity index (χ3n) is 5.30. The van der Waals surface area contributed by atoms with E-state index in [-0.39, 0.29) is 0 Å². The van der Waals surface area contributed by atoms with Crippen LogP contribution in [0.25, 0.3) is 11.4 Å². The highest BCUT2D eigenvalue weighted by Gasteiger charge is 2.24. The lowest BCUT2D eigenvalue weighted by molar-refractivity contribution is 0.339. The Morgan fingerprint density at radius 3 is 2.45 bits per heavy atom. The molecule has 4 nitrogen and oxygen atoms in total. The molecule has 0 N–H and O–H groups in total. The van der Waals surface area contributed by atoms with Gasteiger partial charge in [-0.1, -0.05) is 60.3 Å². The van der Waals surface area contributed by atoms with Crippen LogP contribution in [0.5, 0.6) is 5.75 Å². The Hall–Kier alpha value is -1.69. The first kappa shape index (κ1) is 20.6. The molecule has 1 aliphatic rings. The molecule has 1 fully saturated rings. The number of thioether (sulfide) groups is 1. The highest BCUT2D eigenvalue weighted by Crippen LogP contribution is 2.37. The van der Waals surface area contributed by atoms with Gasteiger partial charge < -0.3 is 4.74 Å². The Morgan fingerprint density at radius 2 is 1.76 bits per heavy atom. The number of ether oxygens (including phenoxy) is 1. The summed E-state index contributed by atoms with van der Waals surface area (Å²) in [7, 11) is 1.68. The first-order valence-electron chi connectivity index (χ1n) is 9.82. The van der Waals surface area contributed by atoms with Crippen LogP contribution >= 0.6 is 35.0 Å². The topological polar surface area (TPSA) is 39.9 Å². The maximum atomic E-state index is 6.17. The zero-order valence-electron chi connectivity index (χ0n) is 16.3. The zero-order chi connectivity index (χ0) is 20.2. The number of rotatable bonds is 6. The molecule has 0 unspecified atom stereocenters. The summed E-state index contributed by atoms with van der Waals surface area (Å²) in [4.78, 5) is 0. The molecule has 7 heteroatoms. The number of hydrogen-bond donors (Lipinski definition) is 0. The van der Waals surface area contributed by atoms with Gasteiger partial charge in [-0.2, -0.15) is 0 Å². The molecular formula is C22H23Cl2N3OS. The van der Waals surface area contributed by atoms with Gasteiger partial charge in [-0.3, -0.25) is 4.57 Å². The Balaban J connectivity index is 1.63. The van der Waals surface area contributed by atoms with Crippen LogP contribution in [0.2, 0.25) is 10.0 Å². The number of halogens is 2. The minimum absolute atomic E-state index is 0.437. The van der Waals surface area contributed by atoms with E-state index in [0.29, 0.717) is 16.1 Å². The molecule has 1 saturated carbocycles. The third-order valence-corrected chi connectivity index (χ3v) is 7.06. The minimum Gasteiger partial charge on any atom is -0.497 e. The maximum Gasteiger partial charge on any atom is 0.192 e. The summed E-state index contributed by atoms with van der Waals surface area (Å²) in [6, 6.07) is 14.2. The Labute approximate surface area is 185 Å². The predicted octanol–water partition coefficient (Wildman–Crippen LogP) is 7.06. The van der Waals surface area contributed by atoms with Crippen LogP contribution in [-0.2, 0) is 5.75 Å². The maximum absolute atomic E-state index is 6.17. The highest BCUT2D eigenvalue weighted by molar-refractivity contribution is 7.98. The Morgan fingerprint density at radius 1 is 1.00 bits per heavy atom. The third kappa shape index (κ3) is 4.73. The van der Waals surface area contributed by atoms with Crippen molar-refractivity contribution < 1.29 is 4.74 Å². The number of methoxy groups -OCH3 is 1. The number of nitrogens with zero attached hydrogens (tertiary/aromatic N) is 3. The van der Waals surface area contributed by atoms with Crippen LogP contribution in [0, 0.1) is 0 Å². The quantitative estimate of drug-likeness (QED) is 0.379. The lowest BCUT2D eigenvalue weighted by Crippen LogP contribution is -2.15. The molecule has 152 valence electrons. The highest BCUT2D eigenvalue weighted by atomic mass is 35.5. The van der Waals surface area contributed by atoms with Crippen LogP contribution in [0.1, 0.15) is 43.7 Å². The second-order valence-corrected chi connectivity index (χ2v) is 8.99.